The largest absolute Gasteiger partial charge is 0.573 e. The van der Waals surface area contributed by atoms with Gasteiger partial charge in [-0.05, 0) is 153 Å². The molecule has 0 unspecified atom stereocenters. The number of Topliss-reactive ketones (excluding diaryl/α,β-unsaturated/α-hetero) is 1. The first-order valence-electron chi connectivity index (χ1n) is 27.8. The van der Waals surface area contributed by atoms with Crippen LogP contribution in [0.15, 0.2) is 97.1 Å². The molecule has 12 rings (SSSR count). The molecule has 2 saturated heterocycles. The maximum absolute atomic E-state index is 13.2. The number of aromatic nitrogens is 4. The number of anilines is 2. The van der Waals surface area contributed by atoms with Gasteiger partial charge in [0.1, 0.15) is 28.8 Å². The topological polar surface area (TPSA) is 141 Å². The van der Waals surface area contributed by atoms with Gasteiger partial charge in [0.2, 0.25) is 0 Å². The molecule has 18 heteroatoms. The Balaban J connectivity index is 0.000000162. The highest BCUT2D eigenvalue weighted by molar-refractivity contribution is 5.96. The maximum Gasteiger partial charge on any atom is 0.573 e. The Morgan fingerprint density at radius 1 is 0.600 bits per heavy atom. The first kappa shape index (κ1) is 57.9. The minimum atomic E-state index is -4.67. The number of nitrogens with two attached hydrogens (primary N) is 1. The van der Waals surface area contributed by atoms with Gasteiger partial charge in [-0.25, -0.2) is 14.8 Å². The number of alkyl halides is 6. The van der Waals surface area contributed by atoms with E-state index >= 15 is 0 Å². The molecule has 0 radical (unpaired) electrons. The van der Waals surface area contributed by atoms with Crippen molar-refractivity contribution in [3.05, 3.63) is 154 Å². The number of halogens is 6. The van der Waals surface area contributed by atoms with Crippen LogP contribution in [0, 0.1) is 10.8 Å². The van der Waals surface area contributed by atoms with E-state index < -0.39 is 18.7 Å². The zero-order valence-corrected chi connectivity index (χ0v) is 44.9. The third-order valence-electron chi connectivity index (χ3n) is 16.9. The van der Waals surface area contributed by atoms with E-state index in [1.54, 1.807) is 24.3 Å². The summed E-state index contributed by atoms with van der Waals surface area (Å²) in [4.78, 5) is 37.8. The number of hydrogen-bond acceptors (Lipinski definition) is 9. The lowest BCUT2D eigenvalue weighted by molar-refractivity contribution is -0.275. The number of carbonyl (C=O) groups excluding carboxylic acids is 1. The van der Waals surface area contributed by atoms with Gasteiger partial charge in [0, 0.05) is 87.3 Å². The second-order valence-electron chi connectivity index (χ2n) is 22.5. The molecule has 80 heavy (non-hydrogen) atoms. The molecule has 4 aromatic carbocycles. The Morgan fingerprint density at radius 3 is 1.39 bits per heavy atom. The van der Waals surface area contributed by atoms with Crippen molar-refractivity contribution in [1.29, 1.82) is 0 Å². The lowest BCUT2D eigenvalue weighted by atomic mass is 9.56. The van der Waals surface area contributed by atoms with E-state index in [0.29, 0.717) is 47.7 Å². The predicted molar refractivity (Wildman–Crippen MR) is 296 cm³/mol. The van der Waals surface area contributed by atoms with Crippen molar-refractivity contribution in [2.75, 3.05) is 36.0 Å². The molecule has 2 saturated carbocycles. The number of fused-ring (bicyclic) bond motifs is 2. The number of aryl methyl sites for hydroxylation is 5. The summed E-state index contributed by atoms with van der Waals surface area (Å²) in [6, 6.07) is 29.6. The molecule has 3 N–H and O–H groups in total. The number of ketones is 1. The summed E-state index contributed by atoms with van der Waals surface area (Å²) in [5, 5.41) is 9.08. The molecule has 0 amide bonds. The number of nitrogens with zero attached hydrogens (tertiary/aromatic N) is 6. The fourth-order valence-corrected chi connectivity index (χ4v) is 12.9. The fraction of sp³-hybridized carbons (Fsp3) is 0.484. The van der Waals surface area contributed by atoms with E-state index in [1.165, 1.54) is 53.8 Å². The fourth-order valence-electron chi connectivity index (χ4n) is 12.9. The number of rotatable bonds is 14. The Labute approximate surface area is 464 Å². The van der Waals surface area contributed by atoms with Crippen LogP contribution in [0.5, 0.6) is 11.5 Å². The first-order chi connectivity index (χ1) is 37.8. The summed E-state index contributed by atoms with van der Waals surface area (Å²) >= 11 is 0. The molecule has 2 aliphatic carbocycles. The molecule has 428 valence electrons. The van der Waals surface area contributed by atoms with Crippen molar-refractivity contribution in [1.82, 2.24) is 19.1 Å². The van der Waals surface area contributed by atoms with Crippen molar-refractivity contribution in [3.8, 4) is 11.5 Å². The van der Waals surface area contributed by atoms with Crippen LogP contribution in [0.4, 0.5) is 37.7 Å². The third-order valence-corrected chi connectivity index (χ3v) is 16.9. The smallest absolute Gasteiger partial charge is 0.477 e. The number of imidazole rings is 2. The molecule has 2 aromatic heterocycles. The summed E-state index contributed by atoms with van der Waals surface area (Å²) in [6.45, 7) is 10.1. The van der Waals surface area contributed by atoms with Gasteiger partial charge in [-0.3, -0.25) is 4.79 Å². The zero-order valence-electron chi connectivity index (χ0n) is 44.9. The number of carboxylic acid groups (broad SMARTS) is 1. The lowest BCUT2D eigenvalue weighted by Gasteiger charge is -2.60. The average Bonchev–Trinajstić information content (AvgIpc) is 3.99. The highest BCUT2D eigenvalue weighted by Gasteiger charge is 2.53. The highest BCUT2D eigenvalue weighted by atomic mass is 19.4. The van der Waals surface area contributed by atoms with Gasteiger partial charge in [-0.2, -0.15) is 0 Å². The van der Waals surface area contributed by atoms with Crippen molar-refractivity contribution in [3.63, 3.8) is 0 Å². The standard InChI is InChI=1S/C31H34F3N3O2.C20H21F3N2O.C10H14N2O2.CH4/c1-2-26-29(37-16-4-3-5-28(37)35-26)27(38)15-8-21-6-9-22(10-7-21)23-17-30(18-23)19-36(20-30)24-11-13-25(14-12-24)39-31(32,33)34;21-20(22,23)26-18-7-5-17(6-8-18)25-12-19(13-25)9-16(10-19)15-3-1-14(11-24)2-4-15;1-2-7-9(10(13)14)12-6-4-3-5-8(12)11-7;/h6-7,9-14,23H,2-5,8,15-20H2,1H3;1-8,16H,9-13,24H2;2-6H2,1H3,(H,13,14);1H4. The van der Waals surface area contributed by atoms with Gasteiger partial charge < -0.3 is 39.2 Å². The SMILES string of the molecule is C.CCc1nc2n(c1C(=O)CCc1ccc(C3CC4(C3)CN(c3ccc(OC(F)(F)F)cc3)C4)cc1)CCCC2.CCc1nc2n(c1C(=O)O)CCCC2.NCc1ccc(C2CC3(C2)CN(c2ccc(OC(F)(F)F)cc2)C3)cc1. The van der Waals surface area contributed by atoms with Crippen LogP contribution in [0.1, 0.15) is 157 Å². The quantitative estimate of drug-likeness (QED) is 0.0800. The number of aromatic carboxylic acids is 1. The summed E-state index contributed by atoms with van der Waals surface area (Å²) < 4.78 is 85.7. The molecule has 2 spiro atoms. The molecule has 4 aliphatic heterocycles. The van der Waals surface area contributed by atoms with Crippen LogP contribution in [0.3, 0.4) is 0 Å². The van der Waals surface area contributed by atoms with Crippen molar-refractivity contribution in [2.45, 2.75) is 155 Å². The molecule has 4 fully saturated rings. The van der Waals surface area contributed by atoms with E-state index in [2.05, 4.69) is 84.3 Å². The van der Waals surface area contributed by atoms with Gasteiger partial charge in [0.15, 0.2) is 11.5 Å². The van der Waals surface area contributed by atoms with Crippen LogP contribution < -0.4 is 25.0 Å². The van der Waals surface area contributed by atoms with Crippen LogP contribution in [-0.2, 0) is 51.7 Å². The maximum atomic E-state index is 13.2. The van der Waals surface area contributed by atoms with Crippen LogP contribution in [0.2, 0.25) is 0 Å². The molecular formula is C62H73F6N7O5. The van der Waals surface area contributed by atoms with E-state index in [0.717, 1.165) is 149 Å². The second kappa shape index (κ2) is 23.7. The molecule has 6 aliphatic rings. The summed E-state index contributed by atoms with van der Waals surface area (Å²) in [6.07, 6.45) is 4.34. The van der Waals surface area contributed by atoms with Crippen LogP contribution in [-0.4, -0.2) is 74.9 Å². The summed E-state index contributed by atoms with van der Waals surface area (Å²) in [5.41, 5.74) is 16.2. The number of benzene rings is 4. The summed E-state index contributed by atoms with van der Waals surface area (Å²) in [7, 11) is 0. The van der Waals surface area contributed by atoms with Crippen molar-refractivity contribution >= 4 is 23.1 Å². The van der Waals surface area contributed by atoms with Crippen molar-refractivity contribution < 1.29 is 50.5 Å². The molecule has 0 bridgehead atoms. The monoisotopic (exact) mass is 1110 g/mol. The van der Waals surface area contributed by atoms with Crippen molar-refractivity contribution in [2.24, 2.45) is 16.6 Å². The Hall–Kier alpha value is -6.82. The normalized spacial score (nSPS) is 18.5. The van der Waals surface area contributed by atoms with E-state index in [4.69, 9.17) is 15.8 Å². The van der Waals surface area contributed by atoms with Gasteiger partial charge in [0.05, 0.1) is 11.4 Å². The van der Waals surface area contributed by atoms with Crippen LogP contribution in [0.25, 0.3) is 0 Å². The molecule has 6 aromatic rings. The Morgan fingerprint density at radius 2 is 1.00 bits per heavy atom. The number of carbonyl (C=O) groups is 2. The number of ether oxygens (including phenoxy) is 2. The number of hydrogen-bond donors (Lipinski definition) is 2. The second-order valence-corrected chi connectivity index (χ2v) is 22.5. The average molecular weight is 1110 g/mol. The molecule has 6 heterocycles. The van der Waals surface area contributed by atoms with Gasteiger partial charge in [-0.1, -0.05) is 69.8 Å². The molecule has 12 nitrogen and oxygen atoms in total. The van der Waals surface area contributed by atoms with Gasteiger partial charge >= 0.3 is 18.7 Å². The predicted octanol–water partition coefficient (Wildman–Crippen LogP) is 13.4. The van der Waals surface area contributed by atoms with E-state index in [1.807, 2.05) is 11.5 Å². The zero-order chi connectivity index (χ0) is 55.7. The molecular weight excluding hydrogens is 1040 g/mol. The van der Waals surface area contributed by atoms with Crippen LogP contribution >= 0.6 is 0 Å². The Bertz CT molecular complexity index is 3070. The lowest BCUT2D eigenvalue weighted by Crippen LogP contribution is -2.61. The van der Waals surface area contributed by atoms with Gasteiger partial charge in [-0.15, -0.1) is 26.3 Å². The minimum absolute atomic E-state index is 0. The first-order valence-corrected chi connectivity index (χ1v) is 27.8. The van der Waals surface area contributed by atoms with Gasteiger partial charge in [0.25, 0.3) is 0 Å². The molecule has 0 atom stereocenters. The Kier molecular flexibility index (Phi) is 17.2. The summed E-state index contributed by atoms with van der Waals surface area (Å²) in [5.74, 6) is 2.16. The van der Waals surface area contributed by atoms with E-state index in [-0.39, 0.29) is 24.7 Å². The number of carboxylic acids is 1. The minimum Gasteiger partial charge on any atom is -0.477 e. The third kappa shape index (κ3) is 13.0. The highest BCUT2D eigenvalue weighted by Crippen LogP contribution is 2.58. The van der Waals surface area contributed by atoms with E-state index in [9.17, 15) is 35.9 Å².